The van der Waals surface area contributed by atoms with Crippen LogP contribution in [0.4, 0.5) is 0 Å². The molecule has 2 aliphatic rings. The minimum atomic E-state index is -0.237. The predicted octanol–water partition coefficient (Wildman–Crippen LogP) is 4.94. The molecular weight excluding hydrogens is 390 g/mol. The van der Waals surface area contributed by atoms with Gasteiger partial charge >= 0.3 is 0 Å². The van der Waals surface area contributed by atoms with E-state index in [0.717, 1.165) is 37.0 Å². The molecule has 2 aromatic carbocycles. The maximum Gasteiger partial charge on any atom is 0.254 e. The van der Waals surface area contributed by atoms with Crippen LogP contribution in [0.25, 0.3) is 0 Å². The highest BCUT2D eigenvalue weighted by Gasteiger charge is 2.45. The molecular formula is C26H33NO4. The molecule has 5 nitrogen and oxygen atoms in total. The van der Waals surface area contributed by atoms with E-state index in [1.807, 2.05) is 36.1 Å². The van der Waals surface area contributed by atoms with Crippen LogP contribution in [-0.2, 0) is 9.47 Å². The molecule has 2 unspecified atom stereocenters. The van der Waals surface area contributed by atoms with Crippen LogP contribution in [0.3, 0.4) is 0 Å². The highest BCUT2D eigenvalue weighted by atomic mass is 16.5. The third kappa shape index (κ3) is 4.63. The lowest BCUT2D eigenvalue weighted by molar-refractivity contribution is -0.190. The first-order valence-corrected chi connectivity index (χ1v) is 11.3. The Morgan fingerprint density at radius 2 is 1.87 bits per heavy atom. The van der Waals surface area contributed by atoms with E-state index in [2.05, 4.69) is 31.2 Å². The lowest BCUT2D eigenvalue weighted by atomic mass is 9.80. The highest BCUT2D eigenvalue weighted by Crippen LogP contribution is 2.44. The molecule has 0 N–H and O–H groups in total. The second kappa shape index (κ2) is 9.41. The summed E-state index contributed by atoms with van der Waals surface area (Å²) < 4.78 is 18.2. The molecule has 5 heteroatoms. The summed E-state index contributed by atoms with van der Waals surface area (Å²) in [5, 5.41) is 0. The van der Waals surface area contributed by atoms with E-state index in [-0.39, 0.29) is 23.7 Å². The van der Waals surface area contributed by atoms with Crippen LogP contribution < -0.4 is 4.74 Å². The van der Waals surface area contributed by atoms with Crippen molar-refractivity contribution in [2.24, 2.45) is 0 Å². The van der Waals surface area contributed by atoms with Gasteiger partial charge < -0.3 is 19.1 Å². The van der Waals surface area contributed by atoms with Crippen LogP contribution in [-0.4, -0.2) is 49.3 Å². The van der Waals surface area contributed by atoms with Crippen molar-refractivity contribution in [1.82, 2.24) is 4.90 Å². The molecule has 2 heterocycles. The standard InChI is InChI=1S/C26H33NO4/c1-4-30-21-17-24(20-9-6-5-7-10-20)31-26(18-21)13-15-27(16-14-26)25(28)22-11-8-12-23(29-3)19(22)2/h5-12,21,24H,4,13-18H2,1-3H3. The first-order valence-electron chi connectivity index (χ1n) is 11.3. The van der Waals surface area contributed by atoms with Crippen molar-refractivity contribution < 1.29 is 19.0 Å². The molecule has 0 radical (unpaired) electrons. The lowest BCUT2D eigenvalue weighted by Crippen LogP contribution is -2.52. The number of hydrogen-bond acceptors (Lipinski definition) is 4. The fourth-order valence-corrected chi connectivity index (χ4v) is 5.05. The number of carbonyl (C=O) groups excluding carboxylic acids is 1. The Bertz CT molecular complexity index is 890. The van der Waals surface area contributed by atoms with Gasteiger partial charge in [-0.1, -0.05) is 36.4 Å². The Balaban J connectivity index is 1.48. The number of rotatable bonds is 5. The number of likely N-dealkylation sites (tertiary alicyclic amines) is 1. The zero-order chi connectivity index (χ0) is 21.8. The van der Waals surface area contributed by atoms with Crippen LogP contribution in [0, 0.1) is 6.92 Å². The zero-order valence-electron chi connectivity index (χ0n) is 18.8. The molecule has 166 valence electrons. The zero-order valence-corrected chi connectivity index (χ0v) is 18.8. The first kappa shape index (κ1) is 21.8. The number of piperidine rings is 1. The van der Waals surface area contributed by atoms with Crippen molar-refractivity contribution >= 4 is 5.91 Å². The van der Waals surface area contributed by atoms with Gasteiger partial charge in [0.25, 0.3) is 5.91 Å². The fraction of sp³-hybridized carbons (Fsp3) is 0.500. The average molecular weight is 424 g/mol. The van der Waals surface area contributed by atoms with Gasteiger partial charge in [-0.05, 0) is 44.4 Å². The van der Waals surface area contributed by atoms with E-state index < -0.39 is 0 Å². The summed E-state index contributed by atoms with van der Waals surface area (Å²) in [4.78, 5) is 15.2. The van der Waals surface area contributed by atoms with Crippen molar-refractivity contribution in [2.45, 2.75) is 57.3 Å². The topological polar surface area (TPSA) is 48.0 Å². The summed E-state index contributed by atoms with van der Waals surface area (Å²) >= 11 is 0. The Labute approximate surface area is 185 Å². The monoisotopic (exact) mass is 423 g/mol. The van der Waals surface area contributed by atoms with Gasteiger partial charge in [-0.2, -0.15) is 0 Å². The number of benzene rings is 2. The van der Waals surface area contributed by atoms with Gasteiger partial charge in [0, 0.05) is 43.7 Å². The number of methoxy groups -OCH3 is 1. The molecule has 1 spiro atoms. The van der Waals surface area contributed by atoms with Gasteiger partial charge in [0.15, 0.2) is 0 Å². The highest BCUT2D eigenvalue weighted by molar-refractivity contribution is 5.96. The van der Waals surface area contributed by atoms with Crippen LogP contribution in [0.5, 0.6) is 5.75 Å². The van der Waals surface area contributed by atoms with Crippen molar-refractivity contribution in [2.75, 3.05) is 26.8 Å². The van der Waals surface area contributed by atoms with Crippen LogP contribution in [0.2, 0.25) is 0 Å². The Hall–Kier alpha value is -2.37. The second-order valence-electron chi connectivity index (χ2n) is 8.64. The molecule has 2 atom stereocenters. The van der Waals surface area contributed by atoms with Gasteiger partial charge in [-0.25, -0.2) is 0 Å². The number of hydrogen-bond donors (Lipinski definition) is 0. The number of nitrogens with zero attached hydrogens (tertiary/aromatic N) is 1. The molecule has 2 saturated heterocycles. The third-order valence-electron chi connectivity index (χ3n) is 6.74. The van der Waals surface area contributed by atoms with Crippen molar-refractivity contribution in [1.29, 1.82) is 0 Å². The molecule has 0 aromatic heterocycles. The minimum absolute atomic E-state index is 0.0365. The molecule has 0 aliphatic carbocycles. The summed E-state index contributed by atoms with van der Waals surface area (Å²) in [6.45, 7) is 6.09. The Kier molecular flexibility index (Phi) is 6.63. The normalized spacial score (nSPS) is 23.0. The summed E-state index contributed by atoms with van der Waals surface area (Å²) in [5.41, 5.74) is 2.58. The van der Waals surface area contributed by atoms with Gasteiger partial charge in [0.1, 0.15) is 5.75 Å². The molecule has 2 aromatic rings. The van der Waals surface area contributed by atoms with Crippen LogP contribution >= 0.6 is 0 Å². The first-order chi connectivity index (χ1) is 15.0. The summed E-state index contributed by atoms with van der Waals surface area (Å²) in [6.07, 6.45) is 3.65. The van der Waals surface area contributed by atoms with Gasteiger partial charge in [-0.3, -0.25) is 4.79 Å². The van der Waals surface area contributed by atoms with Crippen molar-refractivity contribution in [3.05, 3.63) is 65.2 Å². The van der Waals surface area contributed by atoms with E-state index >= 15 is 0 Å². The largest absolute Gasteiger partial charge is 0.496 e. The lowest BCUT2D eigenvalue weighted by Gasteiger charge is -2.49. The summed E-state index contributed by atoms with van der Waals surface area (Å²) in [7, 11) is 1.64. The van der Waals surface area contributed by atoms with Gasteiger partial charge in [0.2, 0.25) is 0 Å². The van der Waals surface area contributed by atoms with Crippen LogP contribution in [0.15, 0.2) is 48.5 Å². The summed E-state index contributed by atoms with van der Waals surface area (Å²) in [5.74, 6) is 0.822. The molecule has 4 rings (SSSR count). The summed E-state index contributed by atoms with van der Waals surface area (Å²) in [6, 6.07) is 16.1. The van der Waals surface area contributed by atoms with Crippen molar-refractivity contribution in [3.8, 4) is 5.75 Å². The van der Waals surface area contributed by atoms with E-state index in [1.165, 1.54) is 5.56 Å². The molecule has 0 bridgehead atoms. The number of amides is 1. The van der Waals surface area contributed by atoms with Crippen LogP contribution in [0.1, 0.15) is 60.2 Å². The van der Waals surface area contributed by atoms with E-state index in [9.17, 15) is 4.79 Å². The predicted molar refractivity (Wildman–Crippen MR) is 121 cm³/mol. The Morgan fingerprint density at radius 1 is 1.13 bits per heavy atom. The smallest absolute Gasteiger partial charge is 0.254 e. The quantitative estimate of drug-likeness (QED) is 0.684. The van der Waals surface area contributed by atoms with E-state index in [0.29, 0.717) is 25.3 Å². The van der Waals surface area contributed by atoms with E-state index in [1.54, 1.807) is 7.11 Å². The molecule has 2 aliphatic heterocycles. The van der Waals surface area contributed by atoms with Crippen molar-refractivity contribution in [3.63, 3.8) is 0 Å². The molecule has 1 amide bonds. The fourth-order valence-electron chi connectivity index (χ4n) is 5.05. The molecule has 2 fully saturated rings. The number of carbonyl (C=O) groups is 1. The molecule has 31 heavy (non-hydrogen) atoms. The van der Waals surface area contributed by atoms with Gasteiger partial charge in [0.05, 0.1) is 24.9 Å². The minimum Gasteiger partial charge on any atom is -0.496 e. The number of ether oxygens (including phenoxy) is 3. The maximum atomic E-state index is 13.2. The second-order valence-corrected chi connectivity index (χ2v) is 8.64. The Morgan fingerprint density at radius 3 is 2.55 bits per heavy atom. The van der Waals surface area contributed by atoms with E-state index in [4.69, 9.17) is 14.2 Å². The maximum absolute atomic E-state index is 13.2. The van der Waals surface area contributed by atoms with Gasteiger partial charge in [-0.15, -0.1) is 0 Å². The SMILES string of the molecule is CCOC1CC(c2ccccc2)OC2(CCN(C(=O)c3cccc(OC)c3C)CC2)C1. The molecule has 0 saturated carbocycles. The average Bonchev–Trinajstić information content (AvgIpc) is 2.80. The third-order valence-corrected chi connectivity index (χ3v) is 6.74.